The highest BCUT2D eigenvalue weighted by Gasteiger charge is 2.26. The van der Waals surface area contributed by atoms with Crippen LogP contribution in [-0.4, -0.2) is 54.0 Å². The lowest BCUT2D eigenvalue weighted by atomic mass is 10.2. The first-order valence-electron chi connectivity index (χ1n) is 8.55. The molecule has 0 aliphatic carbocycles. The van der Waals surface area contributed by atoms with Crippen molar-refractivity contribution in [1.29, 1.82) is 0 Å². The number of aromatic amines is 1. The van der Waals surface area contributed by atoms with Crippen LogP contribution in [0, 0.1) is 0 Å². The van der Waals surface area contributed by atoms with Crippen molar-refractivity contribution in [3.8, 4) is 11.4 Å². The van der Waals surface area contributed by atoms with E-state index in [1.807, 2.05) is 26.0 Å². The van der Waals surface area contributed by atoms with E-state index in [9.17, 15) is 4.79 Å². The highest BCUT2D eigenvalue weighted by molar-refractivity contribution is 5.56. The number of H-pyrrole nitrogens is 1. The lowest BCUT2D eigenvalue weighted by Gasteiger charge is -2.37. The van der Waals surface area contributed by atoms with Gasteiger partial charge in [0.15, 0.2) is 0 Å². The van der Waals surface area contributed by atoms with Crippen LogP contribution in [0.3, 0.4) is 0 Å². The third-order valence-electron chi connectivity index (χ3n) is 4.18. The quantitative estimate of drug-likeness (QED) is 0.888. The number of rotatable bonds is 5. The van der Waals surface area contributed by atoms with E-state index < -0.39 is 0 Å². The molecule has 2 aromatic heterocycles. The zero-order valence-corrected chi connectivity index (χ0v) is 14.9. The molecule has 0 amide bonds. The number of anilines is 1. The largest absolute Gasteiger partial charge is 0.382 e. The number of morpholine rings is 1. The van der Waals surface area contributed by atoms with Crippen molar-refractivity contribution in [3.05, 3.63) is 40.4 Å². The number of aryl methyl sites for hydroxylation is 1. The van der Waals surface area contributed by atoms with Crippen molar-refractivity contribution < 1.29 is 9.47 Å². The lowest BCUT2D eigenvalue weighted by molar-refractivity contribution is -0.0512. The van der Waals surface area contributed by atoms with Crippen LogP contribution < -0.4 is 10.5 Å². The molecule has 0 bridgehead atoms. The Bertz CT molecular complexity index is 760. The molecule has 3 heterocycles. The zero-order valence-electron chi connectivity index (χ0n) is 14.9. The molecule has 1 fully saturated rings. The monoisotopic (exact) mass is 344 g/mol. The molecule has 2 aromatic rings. The van der Waals surface area contributed by atoms with Crippen LogP contribution >= 0.6 is 0 Å². The summed E-state index contributed by atoms with van der Waals surface area (Å²) in [5.74, 6) is 1.44. The summed E-state index contributed by atoms with van der Waals surface area (Å²) in [5.41, 5.74) is 1.42. The maximum Gasteiger partial charge on any atom is 0.251 e. The summed E-state index contributed by atoms with van der Waals surface area (Å²) in [7, 11) is 1.68. The molecular weight excluding hydrogens is 320 g/mol. The van der Waals surface area contributed by atoms with Crippen LogP contribution in [0.4, 0.5) is 5.82 Å². The first-order valence-corrected chi connectivity index (χ1v) is 8.55. The molecule has 25 heavy (non-hydrogen) atoms. The minimum absolute atomic E-state index is 0.0366. The van der Waals surface area contributed by atoms with Crippen LogP contribution in [0.1, 0.15) is 19.5 Å². The molecule has 1 aliphatic heterocycles. The van der Waals surface area contributed by atoms with Crippen LogP contribution in [0.25, 0.3) is 11.4 Å². The third-order valence-corrected chi connectivity index (χ3v) is 4.18. The average molecular weight is 344 g/mol. The fourth-order valence-corrected chi connectivity index (χ4v) is 3.05. The average Bonchev–Trinajstić information content (AvgIpc) is 2.61. The molecule has 1 N–H and O–H groups in total. The lowest BCUT2D eigenvalue weighted by Crippen LogP contribution is -2.48. The summed E-state index contributed by atoms with van der Waals surface area (Å²) in [4.78, 5) is 25.7. The number of hydrogen-bond donors (Lipinski definition) is 1. The maximum atomic E-state index is 11.7. The molecule has 1 saturated heterocycles. The van der Waals surface area contributed by atoms with Crippen molar-refractivity contribution in [2.75, 3.05) is 31.7 Å². The van der Waals surface area contributed by atoms with E-state index >= 15 is 0 Å². The maximum absolute atomic E-state index is 11.7. The first-order chi connectivity index (χ1) is 12.1. The summed E-state index contributed by atoms with van der Waals surface area (Å²) in [6, 6.07) is 5.41. The summed E-state index contributed by atoms with van der Waals surface area (Å²) in [6.07, 6.45) is 2.62. The zero-order chi connectivity index (χ0) is 17.8. The molecular formula is C18H24N4O3. The van der Waals surface area contributed by atoms with Crippen molar-refractivity contribution in [1.82, 2.24) is 15.0 Å². The molecule has 7 heteroatoms. The van der Waals surface area contributed by atoms with Crippen LogP contribution in [0.5, 0.6) is 0 Å². The Hall–Kier alpha value is -2.25. The summed E-state index contributed by atoms with van der Waals surface area (Å²) in [6.45, 7) is 6.11. The molecule has 3 rings (SSSR count). The van der Waals surface area contributed by atoms with Crippen molar-refractivity contribution in [2.45, 2.75) is 32.5 Å². The van der Waals surface area contributed by atoms with E-state index in [0.29, 0.717) is 12.4 Å². The van der Waals surface area contributed by atoms with Gasteiger partial charge in [-0.25, -0.2) is 9.97 Å². The van der Waals surface area contributed by atoms with E-state index in [-0.39, 0.29) is 17.8 Å². The van der Waals surface area contributed by atoms with Gasteiger partial charge in [0.05, 0.1) is 18.8 Å². The summed E-state index contributed by atoms with van der Waals surface area (Å²) < 4.78 is 11.1. The van der Waals surface area contributed by atoms with Gasteiger partial charge in [0.2, 0.25) is 0 Å². The van der Waals surface area contributed by atoms with E-state index in [0.717, 1.165) is 36.6 Å². The van der Waals surface area contributed by atoms with Crippen molar-refractivity contribution in [3.63, 3.8) is 0 Å². The first kappa shape index (κ1) is 17.6. The van der Waals surface area contributed by atoms with Gasteiger partial charge in [-0.1, -0.05) is 6.92 Å². The van der Waals surface area contributed by atoms with Crippen molar-refractivity contribution in [2.24, 2.45) is 0 Å². The number of nitrogens with one attached hydrogen (secondary N) is 1. The Morgan fingerprint density at radius 2 is 2.24 bits per heavy atom. The minimum atomic E-state index is -0.143. The Balaban J connectivity index is 1.80. The van der Waals surface area contributed by atoms with Crippen molar-refractivity contribution >= 4 is 5.82 Å². The van der Waals surface area contributed by atoms with Gasteiger partial charge < -0.3 is 19.4 Å². The Morgan fingerprint density at radius 3 is 2.92 bits per heavy atom. The fourth-order valence-electron chi connectivity index (χ4n) is 3.05. The smallest absolute Gasteiger partial charge is 0.251 e. The van der Waals surface area contributed by atoms with Crippen LogP contribution in [-0.2, 0) is 15.9 Å². The molecule has 0 saturated carbocycles. The van der Waals surface area contributed by atoms with Gasteiger partial charge in [0.25, 0.3) is 5.56 Å². The van der Waals surface area contributed by atoms with Gasteiger partial charge in [-0.15, -0.1) is 0 Å². The standard InChI is InChI=1S/C18H24N4O3/c1-4-14-7-17(23)21-18(20-14)13-5-6-16(19-8-13)22-9-12(2)25-15(10-22)11-24-3/h5-8,12,15H,4,9-11H2,1-3H3,(H,20,21,23). The van der Waals surface area contributed by atoms with Gasteiger partial charge in [-0.05, 0) is 25.5 Å². The number of ether oxygens (including phenoxy) is 2. The molecule has 0 radical (unpaired) electrons. The molecule has 7 nitrogen and oxygen atoms in total. The minimum Gasteiger partial charge on any atom is -0.382 e. The van der Waals surface area contributed by atoms with E-state index in [1.165, 1.54) is 6.07 Å². The molecule has 134 valence electrons. The number of nitrogens with zero attached hydrogens (tertiary/aromatic N) is 3. The second kappa shape index (κ2) is 7.76. The molecule has 2 atom stereocenters. The predicted octanol–water partition coefficient (Wildman–Crippen LogP) is 1.63. The van der Waals surface area contributed by atoms with Gasteiger partial charge in [-0.3, -0.25) is 4.79 Å². The summed E-state index contributed by atoms with van der Waals surface area (Å²) in [5, 5.41) is 0. The normalized spacial score (nSPS) is 20.7. The van der Waals surface area contributed by atoms with Gasteiger partial charge in [-0.2, -0.15) is 0 Å². The number of pyridine rings is 1. The second-order valence-corrected chi connectivity index (χ2v) is 6.27. The number of methoxy groups -OCH3 is 1. The highest BCUT2D eigenvalue weighted by Crippen LogP contribution is 2.21. The molecule has 0 spiro atoms. The number of aromatic nitrogens is 3. The van der Waals surface area contributed by atoms with Gasteiger partial charge in [0, 0.05) is 43.7 Å². The topological polar surface area (TPSA) is 80.3 Å². The number of hydrogen-bond acceptors (Lipinski definition) is 6. The second-order valence-electron chi connectivity index (χ2n) is 6.27. The molecule has 2 unspecified atom stereocenters. The van der Waals surface area contributed by atoms with Crippen LogP contribution in [0.2, 0.25) is 0 Å². The van der Waals surface area contributed by atoms with E-state index in [1.54, 1.807) is 13.3 Å². The Kier molecular flexibility index (Phi) is 5.45. The van der Waals surface area contributed by atoms with E-state index in [4.69, 9.17) is 9.47 Å². The Morgan fingerprint density at radius 1 is 1.40 bits per heavy atom. The third kappa shape index (κ3) is 4.24. The van der Waals surface area contributed by atoms with Gasteiger partial charge in [0.1, 0.15) is 11.6 Å². The van der Waals surface area contributed by atoms with Gasteiger partial charge >= 0.3 is 0 Å². The summed E-state index contributed by atoms with van der Waals surface area (Å²) >= 11 is 0. The van der Waals surface area contributed by atoms with Crippen LogP contribution in [0.15, 0.2) is 29.2 Å². The molecule has 0 aromatic carbocycles. The SMILES string of the molecule is CCc1cc(=O)[nH]c(-c2ccc(N3CC(C)OC(COC)C3)nc2)n1. The van der Waals surface area contributed by atoms with E-state index in [2.05, 4.69) is 19.9 Å². The Labute approximate surface area is 147 Å². The molecule has 1 aliphatic rings. The highest BCUT2D eigenvalue weighted by atomic mass is 16.5. The predicted molar refractivity (Wildman–Crippen MR) is 95.9 cm³/mol. The fraction of sp³-hybridized carbons (Fsp3) is 0.500.